The van der Waals surface area contributed by atoms with E-state index in [1.165, 1.54) is 16.7 Å². The molecule has 2 aromatic carbocycles. The van der Waals surface area contributed by atoms with E-state index in [0.29, 0.717) is 24.8 Å². The normalized spacial score (nSPS) is 27.2. The number of hydrogen-bond donors (Lipinski definition) is 1. The highest BCUT2D eigenvalue weighted by Crippen LogP contribution is 2.47. The molecule has 0 unspecified atom stereocenters. The van der Waals surface area contributed by atoms with E-state index in [0.717, 1.165) is 48.9 Å². The van der Waals surface area contributed by atoms with E-state index in [2.05, 4.69) is 48.6 Å². The standard InChI is InChI=1S/C27H32N2O2/c1-17-12-18(2)25(19(3)13-17)28-26(31)27(29-11-9-24(29)30)10-8-22-14-20-6-4-5-7-21(20)15-23(22)16-27/h4-7,12-13,22-23H,8-11,14-16H2,1-3H3,(H,28,31)/t22-,23+,27-/m0/s1. The van der Waals surface area contributed by atoms with Gasteiger partial charge in [0.05, 0.1) is 0 Å². The van der Waals surface area contributed by atoms with Gasteiger partial charge in [0.1, 0.15) is 5.54 Å². The second kappa shape index (κ2) is 7.51. The number of nitrogens with zero attached hydrogens (tertiary/aromatic N) is 1. The monoisotopic (exact) mass is 416 g/mol. The van der Waals surface area contributed by atoms with E-state index in [1.807, 2.05) is 18.7 Å². The molecule has 2 aromatic rings. The van der Waals surface area contributed by atoms with Crippen molar-refractivity contribution in [3.63, 3.8) is 0 Å². The highest BCUT2D eigenvalue weighted by molar-refractivity contribution is 6.02. The third kappa shape index (κ3) is 3.37. The Balaban J connectivity index is 1.46. The number of amides is 2. The highest BCUT2D eigenvalue weighted by atomic mass is 16.2. The maximum atomic E-state index is 13.9. The SMILES string of the molecule is Cc1cc(C)c(NC(=O)[C@]2(N3CCC3=O)CC[C@H]3Cc4ccccc4C[C@@H]3C2)c(C)c1. The van der Waals surface area contributed by atoms with Gasteiger partial charge in [-0.25, -0.2) is 0 Å². The number of benzene rings is 2. The zero-order valence-corrected chi connectivity index (χ0v) is 18.8. The summed E-state index contributed by atoms with van der Waals surface area (Å²) in [4.78, 5) is 28.3. The largest absolute Gasteiger partial charge is 0.327 e. The molecule has 4 nitrogen and oxygen atoms in total. The molecule has 0 bridgehead atoms. The number of carbonyl (C=O) groups is 2. The number of anilines is 1. The number of likely N-dealkylation sites (tertiary alicyclic amines) is 1. The molecule has 1 saturated carbocycles. The molecule has 5 rings (SSSR count). The fourth-order valence-electron chi connectivity index (χ4n) is 6.34. The Labute approximate surface area is 185 Å². The van der Waals surface area contributed by atoms with Crippen LogP contribution in [0.4, 0.5) is 5.69 Å². The van der Waals surface area contributed by atoms with Gasteiger partial charge in [0.2, 0.25) is 11.8 Å². The van der Waals surface area contributed by atoms with Crippen molar-refractivity contribution in [1.29, 1.82) is 0 Å². The van der Waals surface area contributed by atoms with E-state index in [4.69, 9.17) is 0 Å². The average Bonchev–Trinajstić information content (AvgIpc) is 2.73. The molecule has 0 aromatic heterocycles. The number of nitrogens with one attached hydrogen (secondary N) is 1. The van der Waals surface area contributed by atoms with Crippen LogP contribution in [0.25, 0.3) is 0 Å². The Hall–Kier alpha value is -2.62. The summed E-state index contributed by atoms with van der Waals surface area (Å²) >= 11 is 0. The molecule has 0 radical (unpaired) electrons. The molecule has 31 heavy (non-hydrogen) atoms. The maximum Gasteiger partial charge on any atom is 0.250 e. The van der Waals surface area contributed by atoms with Gasteiger partial charge in [-0.2, -0.15) is 0 Å². The number of aryl methyl sites for hydroxylation is 3. The zero-order chi connectivity index (χ0) is 21.8. The molecule has 4 heteroatoms. The first kappa shape index (κ1) is 20.3. The fraction of sp³-hybridized carbons (Fsp3) is 0.481. The number of hydrogen-bond acceptors (Lipinski definition) is 2. The van der Waals surface area contributed by atoms with E-state index in [-0.39, 0.29) is 11.8 Å². The van der Waals surface area contributed by atoms with Crippen molar-refractivity contribution in [2.45, 2.75) is 64.8 Å². The predicted octanol–water partition coefficient (Wildman–Crippen LogP) is 4.74. The predicted molar refractivity (Wildman–Crippen MR) is 123 cm³/mol. The van der Waals surface area contributed by atoms with Gasteiger partial charge < -0.3 is 10.2 Å². The van der Waals surface area contributed by atoms with Gasteiger partial charge in [-0.05, 0) is 87.0 Å². The summed E-state index contributed by atoms with van der Waals surface area (Å²) in [5.74, 6) is 1.19. The number of β-lactam (4-membered cyclic amide) rings is 1. The number of rotatable bonds is 3. The van der Waals surface area contributed by atoms with Crippen LogP contribution in [0.5, 0.6) is 0 Å². The van der Waals surface area contributed by atoms with E-state index < -0.39 is 5.54 Å². The van der Waals surface area contributed by atoms with Gasteiger partial charge >= 0.3 is 0 Å². The second-order valence-electron chi connectivity index (χ2n) is 9.99. The topological polar surface area (TPSA) is 49.4 Å². The van der Waals surface area contributed by atoms with Crippen molar-refractivity contribution in [2.75, 3.05) is 11.9 Å². The van der Waals surface area contributed by atoms with E-state index >= 15 is 0 Å². The molecule has 162 valence electrons. The molecule has 3 aliphatic rings. The van der Waals surface area contributed by atoms with Crippen LogP contribution < -0.4 is 5.32 Å². The van der Waals surface area contributed by atoms with Gasteiger partial charge in [0.25, 0.3) is 0 Å². The van der Waals surface area contributed by atoms with Crippen molar-refractivity contribution < 1.29 is 9.59 Å². The van der Waals surface area contributed by atoms with Gasteiger partial charge in [-0.3, -0.25) is 9.59 Å². The van der Waals surface area contributed by atoms with Crippen molar-refractivity contribution >= 4 is 17.5 Å². The lowest BCUT2D eigenvalue weighted by molar-refractivity contribution is -0.159. The Morgan fingerprint density at radius 1 is 1.03 bits per heavy atom. The van der Waals surface area contributed by atoms with Crippen LogP contribution in [0.1, 0.15) is 53.5 Å². The number of fused-ring (bicyclic) bond motifs is 2. The third-order valence-electron chi connectivity index (χ3n) is 7.98. The van der Waals surface area contributed by atoms with Crippen LogP contribution >= 0.6 is 0 Å². The first-order valence-electron chi connectivity index (χ1n) is 11.6. The molecule has 2 amide bonds. The van der Waals surface area contributed by atoms with Crippen LogP contribution in [0, 0.1) is 32.6 Å². The van der Waals surface area contributed by atoms with Crippen molar-refractivity contribution in [1.82, 2.24) is 4.90 Å². The minimum Gasteiger partial charge on any atom is -0.327 e. The summed E-state index contributed by atoms with van der Waals surface area (Å²) in [6, 6.07) is 12.9. The molecule has 2 fully saturated rings. The van der Waals surface area contributed by atoms with Crippen LogP contribution in [-0.4, -0.2) is 28.8 Å². The zero-order valence-electron chi connectivity index (χ0n) is 18.8. The summed E-state index contributed by atoms with van der Waals surface area (Å²) in [5, 5.41) is 3.27. The maximum absolute atomic E-state index is 13.9. The minimum atomic E-state index is -0.716. The van der Waals surface area contributed by atoms with Crippen LogP contribution in [0.15, 0.2) is 36.4 Å². The Morgan fingerprint density at radius 2 is 1.68 bits per heavy atom. The van der Waals surface area contributed by atoms with Gasteiger partial charge in [0.15, 0.2) is 0 Å². The molecule has 1 N–H and O–H groups in total. The fourth-order valence-corrected chi connectivity index (χ4v) is 6.34. The summed E-state index contributed by atoms with van der Waals surface area (Å²) in [5.41, 5.74) is 6.42. The van der Waals surface area contributed by atoms with Crippen molar-refractivity contribution in [3.05, 3.63) is 64.2 Å². The third-order valence-corrected chi connectivity index (χ3v) is 7.98. The molecule has 2 aliphatic carbocycles. The molecular formula is C27H32N2O2. The smallest absolute Gasteiger partial charge is 0.250 e. The summed E-state index contributed by atoms with van der Waals surface area (Å²) in [7, 11) is 0. The molecular weight excluding hydrogens is 384 g/mol. The van der Waals surface area contributed by atoms with Crippen LogP contribution in [-0.2, 0) is 22.4 Å². The Morgan fingerprint density at radius 3 is 2.26 bits per heavy atom. The molecule has 3 atom stereocenters. The number of carbonyl (C=O) groups excluding carboxylic acids is 2. The van der Waals surface area contributed by atoms with Gasteiger partial charge in [-0.15, -0.1) is 0 Å². The first-order chi connectivity index (χ1) is 14.9. The Bertz CT molecular complexity index is 1040. The lowest BCUT2D eigenvalue weighted by Gasteiger charge is -2.53. The van der Waals surface area contributed by atoms with Crippen LogP contribution in [0.3, 0.4) is 0 Å². The minimum absolute atomic E-state index is 0.00733. The van der Waals surface area contributed by atoms with Crippen LogP contribution in [0.2, 0.25) is 0 Å². The lowest BCUT2D eigenvalue weighted by Crippen LogP contribution is -2.66. The van der Waals surface area contributed by atoms with Crippen molar-refractivity contribution in [3.8, 4) is 0 Å². The molecule has 1 heterocycles. The second-order valence-corrected chi connectivity index (χ2v) is 9.99. The molecule has 1 saturated heterocycles. The lowest BCUT2D eigenvalue weighted by atomic mass is 9.62. The quantitative estimate of drug-likeness (QED) is 0.735. The average molecular weight is 417 g/mol. The highest BCUT2D eigenvalue weighted by Gasteiger charge is 2.54. The van der Waals surface area contributed by atoms with E-state index in [1.54, 1.807) is 0 Å². The van der Waals surface area contributed by atoms with Crippen molar-refractivity contribution in [2.24, 2.45) is 11.8 Å². The molecule has 0 spiro atoms. The first-order valence-corrected chi connectivity index (χ1v) is 11.6. The Kier molecular flexibility index (Phi) is 4.91. The van der Waals surface area contributed by atoms with Gasteiger partial charge in [-0.1, -0.05) is 42.0 Å². The summed E-state index contributed by atoms with van der Waals surface area (Å²) in [6.45, 7) is 6.87. The van der Waals surface area contributed by atoms with E-state index in [9.17, 15) is 9.59 Å². The van der Waals surface area contributed by atoms with Gasteiger partial charge in [0, 0.05) is 18.7 Å². The summed E-state index contributed by atoms with van der Waals surface area (Å²) < 4.78 is 0. The molecule has 1 aliphatic heterocycles. The summed E-state index contributed by atoms with van der Waals surface area (Å²) in [6.07, 6.45) is 5.21.